The zero-order chi connectivity index (χ0) is 30.3. The lowest BCUT2D eigenvalue weighted by atomic mass is 10.1. The molecule has 0 radical (unpaired) electrons. The van der Waals surface area contributed by atoms with Crippen molar-refractivity contribution in [3.05, 3.63) is 97.1 Å². The number of nitrogens with one attached hydrogen (secondary N) is 4. The molecule has 0 spiro atoms. The van der Waals surface area contributed by atoms with Gasteiger partial charge in [0.2, 0.25) is 0 Å². The van der Waals surface area contributed by atoms with Crippen LogP contribution in [0.15, 0.2) is 107 Å². The summed E-state index contributed by atoms with van der Waals surface area (Å²) < 4.78 is 65.1. The minimum atomic E-state index is -3.88. The maximum absolute atomic E-state index is 12.8. The highest BCUT2D eigenvalue weighted by atomic mass is 32.2. The number of methoxy groups -OCH3 is 2. The average molecular weight is 611 g/mol. The molecule has 0 unspecified atom stereocenters. The van der Waals surface area contributed by atoms with Gasteiger partial charge in [-0.25, -0.2) is 26.4 Å². The van der Waals surface area contributed by atoms with Crippen molar-refractivity contribution in [1.29, 1.82) is 0 Å². The summed E-state index contributed by atoms with van der Waals surface area (Å²) in [7, 11) is -5.31. The molecule has 4 aromatic rings. The highest BCUT2D eigenvalue weighted by molar-refractivity contribution is 7.93. The summed E-state index contributed by atoms with van der Waals surface area (Å²) in [4.78, 5) is 22.6. The van der Waals surface area contributed by atoms with Gasteiger partial charge in [0.15, 0.2) is 0 Å². The van der Waals surface area contributed by atoms with Crippen molar-refractivity contribution in [2.24, 2.45) is 0 Å². The lowest BCUT2D eigenvalue weighted by Gasteiger charge is -2.11. The van der Waals surface area contributed by atoms with Crippen molar-refractivity contribution in [3.8, 4) is 11.1 Å². The predicted molar refractivity (Wildman–Crippen MR) is 158 cm³/mol. The molecule has 0 aliphatic carbocycles. The number of amides is 2. The smallest absolute Gasteiger partial charge is 0.411 e. The number of carbonyl (C=O) groups is 2. The Labute approximate surface area is 242 Å². The van der Waals surface area contributed by atoms with Crippen LogP contribution in [0, 0.1) is 0 Å². The van der Waals surface area contributed by atoms with E-state index in [1.165, 1.54) is 62.8 Å². The fraction of sp³-hybridized carbons (Fsp3) is 0.0714. The Kier molecular flexibility index (Phi) is 8.98. The molecule has 0 aliphatic heterocycles. The molecule has 0 heterocycles. The van der Waals surface area contributed by atoms with E-state index in [1.54, 1.807) is 48.5 Å². The largest absolute Gasteiger partial charge is 0.453 e. The number of rotatable bonds is 9. The molecule has 0 aliphatic rings. The van der Waals surface area contributed by atoms with E-state index in [1.807, 2.05) is 0 Å². The fourth-order valence-electron chi connectivity index (χ4n) is 3.66. The second-order valence-electron chi connectivity index (χ2n) is 8.65. The van der Waals surface area contributed by atoms with Gasteiger partial charge in [0.1, 0.15) is 0 Å². The fourth-order valence-corrected chi connectivity index (χ4v) is 5.78. The van der Waals surface area contributed by atoms with Gasteiger partial charge >= 0.3 is 12.2 Å². The molecule has 218 valence electrons. The molecule has 42 heavy (non-hydrogen) atoms. The predicted octanol–water partition coefficient (Wildman–Crippen LogP) is 5.31. The van der Waals surface area contributed by atoms with Gasteiger partial charge in [0, 0.05) is 22.7 Å². The summed E-state index contributed by atoms with van der Waals surface area (Å²) in [5.74, 6) is 0. The quantitative estimate of drug-likeness (QED) is 0.198. The molecule has 0 fully saturated rings. The van der Waals surface area contributed by atoms with E-state index in [9.17, 15) is 26.4 Å². The summed E-state index contributed by atoms with van der Waals surface area (Å²) in [5.41, 5.74) is 3.00. The summed E-state index contributed by atoms with van der Waals surface area (Å²) in [6.45, 7) is 0. The topological polar surface area (TPSA) is 169 Å². The summed E-state index contributed by atoms with van der Waals surface area (Å²) >= 11 is 0. The minimum Gasteiger partial charge on any atom is -0.453 e. The maximum atomic E-state index is 12.8. The number of sulfonamides is 2. The molecule has 4 N–H and O–H groups in total. The average Bonchev–Trinajstić information content (AvgIpc) is 2.98. The molecular formula is C28H26N4O8S2. The minimum absolute atomic E-state index is 0.00818. The Morgan fingerprint density at radius 1 is 0.476 bits per heavy atom. The molecule has 4 rings (SSSR count). The van der Waals surface area contributed by atoms with Crippen LogP contribution in [0.3, 0.4) is 0 Å². The van der Waals surface area contributed by atoms with Gasteiger partial charge in [0.25, 0.3) is 20.0 Å². The molecule has 12 nitrogen and oxygen atoms in total. The Bertz CT molecular complexity index is 1640. The van der Waals surface area contributed by atoms with Crippen molar-refractivity contribution >= 4 is 55.0 Å². The lowest BCUT2D eigenvalue weighted by Crippen LogP contribution is -2.14. The van der Waals surface area contributed by atoms with Gasteiger partial charge in [0.05, 0.1) is 24.0 Å². The van der Waals surface area contributed by atoms with E-state index in [4.69, 9.17) is 0 Å². The Morgan fingerprint density at radius 3 is 1.05 bits per heavy atom. The van der Waals surface area contributed by atoms with E-state index in [2.05, 4.69) is 29.6 Å². The third kappa shape index (κ3) is 7.56. The number of carbonyl (C=O) groups excluding carboxylic acids is 2. The van der Waals surface area contributed by atoms with Crippen LogP contribution >= 0.6 is 0 Å². The number of ether oxygens (including phenoxy) is 2. The van der Waals surface area contributed by atoms with Gasteiger partial charge in [-0.1, -0.05) is 24.3 Å². The zero-order valence-electron chi connectivity index (χ0n) is 22.3. The van der Waals surface area contributed by atoms with Gasteiger partial charge in [-0.15, -0.1) is 0 Å². The SMILES string of the molecule is COC(=O)Nc1ccc(S(=O)(=O)Nc2ccc(-c3ccc(NS(=O)(=O)c4ccc(NC(=O)OC)cc4)cc3)cc2)cc1. The van der Waals surface area contributed by atoms with Gasteiger partial charge in [-0.3, -0.25) is 20.1 Å². The van der Waals surface area contributed by atoms with Crippen LogP contribution in [0.1, 0.15) is 0 Å². The van der Waals surface area contributed by atoms with E-state index in [0.29, 0.717) is 22.7 Å². The molecule has 0 atom stereocenters. The Hall–Kier alpha value is -5.08. The van der Waals surface area contributed by atoms with E-state index >= 15 is 0 Å². The normalized spacial score (nSPS) is 11.2. The second kappa shape index (κ2) is 12.6. The highest BCUT2D eigenvalue weighted by Gasteiger charge is 2.16. The van der Waals surface area contributed by atoms with Crippen LogP contribution in [0.2, 0.25) is 0 Å². The molecule has 14 heteroatoms. The molecule has 2 amide bonds. The number of anilines is 4. The molecule has 0 saturated carbocycles. The first kappa shape index (κ1) is 29.9. The van der Waals surface area contributed by atoms with Gasteiger partial charge in [-0.2, -0.15) is 0 Å². The van der Waals surface area contributed by atoms with Crippen LogP contribution in [0.5, 0.6) is 0 Å². The van der Waals surface area contributed by atoms with Crippen molar-refractivity contribution in [2.75, 3.05) is 34.3 Å². The molecule has 0 aromatic heterocycles. The molecular weight excluding hydrogens is 584 g/mol. The third-order valence-corrected chi connectivity index (χ3v) is 8.59. The van der Waals surface area contributed by atoms with E-state index in [0.717, 1.165) is 11.1 Å². The van der Waals surface area contributed by atoms with Crippen LogP contribution in [-0.4, -0.2) is 43.2 Å². The number of benzene rings is 4. The van der Waals surface area contributed by atoms with Crippen molar-refractivity contribution < 1.29 is 35.9 Å². The second-order valence-corrected chi connectivity index (χ2v) is 12.0. The van der Waals surface area contributed by atoms with Crippen molar-refractivity contribution in [3.63, 3.8) is 0 Å². The Balaban J connectivity index is 1.39. The maximum Gasteiger partial charge on any atom is 0.411 e. The van der Waals surface area contributed by atoms with Crippen LogP contribution in [-0.2, 0) is 29.5 Å². The molecule has 4 aromatic carbocycles. The van der Waals surface area contributed by atoms with Crippen LogP contribution < -0.4 is 20.1 Å². The monoisotopic (exact) mass is 610 g/mol. The van der Waals surface area contributed by atoms with Crippen LogP contribution in [0.4, 0.5) is 32.3 Å². The first-order valence-electron chi connectivity index (χ1n) is 12.2. The summed E-state index contributed by atoms with van der Waals surface area (Å²) in [6, 6.07) is 24.5. The zero-order valence-corrected chi connectivity index (χ0v) is 24.0. The lowest BCUT2D eigenvalue weighted by molar-refractivity contribution is 0.186. The van der Waals surface area contributed by atoms with Gasteiger partial charge in [-0.05, 0) is 83.9 Å². The number of hydrogen-bond donors (Lipinski definition) is 4. The standard InChI is InChI=1S/C28H26N4O8S2/c1-39-27(33)29-21-11-15-25(16-12-21)41(35,36)31-23-7-3-19(4-8-23)20-5-9-24(10-6-20)32-42(37,38)26-17-13-22(14-18-26)30-28(34)40-2/h3-18,31-32H,1-2H3,(H,29,33)(H,30,34). The van der Waals surface area contributed by atoms with Crippen molar-refractivity contribution in [1.82, 2.24) is 0 Å². The summed E-state index contributed by atoms with van der Waals surface area (Å²) in [5, 5.41) is 4.89. The van der Waals surface area contributed by atoms with E-state index in [-0.39, 0.29) is 9.79 Å². The first-order chi connectivity index (χ1) is 20.0. The van der Waals surface area contributed by atoms with Crippen LogP contribution in [0.25, 0.3) is 11.1 Å². The first-order valence-corrected chi connectivity index (χ1v) is 15.1. The molecule has 0 bridgehead atoms. The summed E-state index contributed by atoms with van der Waals surface area (Å²) in [6.07, 6.45) is -1.34. The Morgan fingerprint density at radius 2 is 0.762 bits per heavy atom. The van der Waals surface area contributed by atoms with Gasteiger partial charge < -0.3 is 9.47 Å². The molecule has 0 saturated heterocycles. The highest BCUT2D eigenvalue weighted by Crippen LogP contribution is 2.26. The van der Waals surface area contributed by atoms with E-state index < -0.39 is 32.2 Å². The number of hydrogen-bond acceptors (Lipinski definition) is 8. The van der Waals surface area contributed by atoms with Crippen molar-refractivity contribution in [2.45, 2.75) is 9.79 Å². The third-order valence-electron chi connectivity index (χ3n) is 5.80.